The first-order valence-electron chi connectivity index (χ1n) is 5.04. The van der Waals surface area contributed by atoms with Crippen molar-refractivity contribution in [2.45, 2.75) is 26.2 Å². The number of ketones is 1. The molecule has 1 aliphatic rings. The molecule has 0 spiro atoms. The largest absolute Gasteiger partial charge is 0.288 e. The Labute approximate surface area is 88.5 Å². The van der Waals surface area contributed by atoms with E-state index in [2.05, 4.69) is 13.0 Å². The molecule has 0 N–H and O–H groups in total. The predicted molar refractivity (Wildman–Crippen MR) is 59.7 cm³/mol. The summed E-state index contributed by atoms with van der Waals surface area (Å²) >= 11 is 1.54. The molecule has 1 aliphatic carbocycles. The van der Waals surface area contributed by atoms with Crippen LogP contribution in [0.15, 0.2) is 29.2 Å². The van der Waals surface area contributed by atoms with Crippen molar-refractivity contribution < 1.29 is 4.79 Å². The molecule has 0 saturated carbocycles. The molecule has 1 aromatic rings. The van der Waals surface area contributed by atoms with Crippen LogP contribution in [0.5, 0.6) is 0 Å². The molecule has 14 heavy (non-hydrogen) atoms. The number of hydrogen-bond donors (Lipinski definition) is 0. The lowest BCUT2D eigenvalue weighted by Gasteiger charge is -2.16. The van der Waals surface area contributed by atoms with Crippen LogP contribution < -0.4 is 0 Å². The van der Waals surface area contributed by atoms with Crippen LogP contribution in [0.2, 0.25) is 0 Å². The summed E-state index contributed by atoms with van der Waals surface area (Å²) in [5, 5.41) is 1.96. The van der Waals surface area contributed by atoms with Crippen LogP contribution in [0, 0.1) is 5.92 Å². The minimum Gasteiger partial charge on any atom is -0.288 e. The molecule has 0 aromatic carbocycles. The third kappa shape index (κ3) is 1.95. The fourth-order valence-electron chi connectivity index (χ4n) is 1.74. The van der Waals surface area contributed by atoms with E-state index in [9.17, 15) is 4.79 Å². The molecule has 0 fully saturated rings. The van der Waals surface area contributed by atoms with Gasteiger partial charge in [-0.05, 0) is 42.2 Å². The quantitative estimate of drug-likeness (QED) is 0.675. The summed E-state index contributed by atoms with van der Waals surface area (Å²) in [6, 6.07) is 3.84. The van der Waals surface area contributed by atoms with Crippen LogP contribution in [0.4, 0.5) is 0 Å². The van der Waals surface area contributed by atoms with E-state index in [-0.39, 0.29) is 5.78 Å². The molecular weight excluding hydrogens is 192 g/mol. The highest BCUT2D eigenvalue weighted by molar-refractivity contribution is 7.12. The van der Waals surface area contributed by atoms with Crippen molar-refractivity contribution >= 4 is 17.1 Å². The van der Waals surface area contributed by atoms with Gasteiger partial charge >= 0.3 is 0 Å². The maximum atomic E-state index is 11.9. The molecule has 0 saturated heterocycles. The Morgan fingerprint density at radius 1 is 1.57 bits per heavy atom. The van der Waals surface area contributed by atoms with Gasteiger partial charge in [0.1, 0.15) is 0 Å². The molecular formula is C12H14OS. The van der Waals surface area contributed by atoms with Crippen LogP contribution in [0.25, 0.3) is 0 Å². The van der Waals surface area contributed by atoms with Crippen LogP contribution in [0.1, 0.15) is 35.9 Å². The third-order valence-electron chi connectivity index (χ3n) is 2.71. The second kappa shape index (κ2) is 4.09. The molecule has 1 heterocycles. The van der Waals surface area contributed by atoms with E-state index in [1.807, 2.05) is 17.5 Å². The molecule has 0 aliphatic heterocycles. The van der Waals surface area contributed by atoms with E-state index < -0.39 is 0 Å². The molecule has 0 radical (unpaired) electrons. The van der Waals surface area contributed by atoms with Gasteiger partial charge < -0.3 is 0 Å². The fourth-order valence-corrected chi connectivity index (χ4v) is 2.44. The molecule has 0 amide bonds. The van der Waals surface area contributed by atoms with Crippen LogP contribution in [0.3, 0.4) is 0 Å². The summed E-state index contributed by atoms with van der Waals surface area (Å²) in [5.41, 5.74) is 1.02. The first-order chi connectivity index (χ1) is 6.77. The molecule has 1 aromatic heterocycles. The maximum Gasteiger partial charge on any atom is 0.198 e. The van der Waals surface area contributed by atoms with Crippen molar-refractivity contribution in [2.24, 2.45) is 5.92 Å². The van der Waals surface area contributed by atoms with Gasteiger partial charge in [-0.1, -0.05) is 19.1 Å². The van der Waals surface area contributed by atoms with E-state index in [0.29, 0.717) is 0 Å². The second-order valence-electron chi connectivity index (χ2n) is 3.92. The first kappa shape index (κ1) is 9.66. The van der Waals surface area contributed by atoms with E-state index in [1.54, 1.807) is 0 Å². The van der Waals surface area contributed by atoms with Gasteiger partial charge in [0.25, 0.3) is 0 Å². The Hall–Kier alpha value is -0.890. The molecule has 0 bridgehead atoms. The summed E-state index contributed by atoms with van der Waals surface area (Å²) in [4.78, 5) is 12.8. The average molecular weight is 206 g/mol. The smallest absolute Gasteiger partial charge is 0.198 e. The van der Waals surface area contributed by atoms with E-state index >= 15 is 0 Å². The summed E-state index contributed by atoms with van der Waals surface area (Å²) in [6.07, 6.45) is 5.30. The van der Waals surface area contributed by atoms with Crippen LogP contribution in [-0.2, 0) is 0 Å². The Morgan fingerprint density at radius 2 is 2.43 bits per heavy atom. The average Bonchev–Trinajstić information content (AvgIpc) is 2.71. The van der Waals surface area contributed by atoms with Crippen LogP contribution in [-0.4, -0.2) is 5.78 Å². The second-order valence-corrected chi connectivity index (χ2v) is 4.86. The van der Waals surface area contributed by atoms with Crippen molar-refractivity contribution in [1.29, 1.82) is 0 Å². The molecule has 1 unspecified atom stereocenters. The highest BCUT2D eigenvalue weighted by atomic mass is 32.1. The Kier molecular flexibility index (Phi) is 2.82. The molecule has 2 heteroatoms. The number of Topliss-reactive ketones (excluding diaryl/α,β-unsaturated/α-hetero) is 1. The van der Waals surface area contributed by atoms with Crippen molar-refractivity contribution in [2.75, 3.05) is 0 Å². The zero-order chi connectivity index (χ0) is 9.97. The van der Waals surface area contributed by atoms with Crippen LogP contribution >= 0.6 is 11.3 Å². The van der Waals surface area contributed by atoms with Gasteiger partial charge in [-0.3, -0.25) is 4.79 Å². The highest BCUT2D eigenvalue weighted by Gasteiger charge is 2.17. The molecule has 2 rings (SSSR count). The highest BCUT2D eigenvalue weighted by Crippen LogP contribution is 2.26. The molecule has 1 nitrogen and oxygen atoms in total. The Balaban J connectivity index is 2.13. The lowest BCUT2D eigenvalue weighted by molar-refractivity contribution is 0.103. The van der Waals surface area contributed by atoms with Gasteiger partial charge in [0.2, 0.25) is 0 Å². The van der Waals surface area contributed by atoms with Crippen molar-refractivity contribution in [3.8, 4) is 0 Å². The maximum absolute atomic E-state index is 11.9. The number of carbonyl (C=O) groups is 1. The topological polar surface area (TPSA) is 17.1 Å². The van der Waals surface area contributed by atoms with E-state index in [4.69, 9.17) is 0 Å². The Bertz CT molecular complexity index is 348. The van der Waals surface area contributed by atoms with Crippen molar-refractivity contribution in [3.05, 3.63) is 34.0 Å². The predicted octanol–water partition coefficient (Wildman–Crippen LogP) is 3.68. The van der Waals surface area contributed by atoms with Gasteiger partial charge in [-0.2, -0.15) is 0 Å². The monoisotopic (exact) mass is 206 g/mol. The van der Waals surface area contributed by atoms with Gasteiger partial charge in [-0.25, -0.2) is 0 Å². The summed E-state index contributed by atoms with van der Waals surface area (Å²) in [5.74, 6) is 0.988. The molecule has 1 atom stereocenters. The zero-order valence-electron chi connectivity index (χ0n) is 8.32. The van der Waals surface area contributed by atoms with E-state index in [0.717, 1.165) is 35.6 Å². The van der Waals surface area contributed by atoms with Gasteiger partial charge in [-0.15, -0.1) is 11.3 Å². The van der Waals surface area contributed by atoms with Gasteiger partial charge in [0.15, 0.2) is 5.78 Å². The van der Waals surface area contributed by atoms with Gasteiger partial charge in [0, 0.05) is 0 Å². The number of allylic oxidation sites excluding steroid dienone is 2. The summed E-state index contributed by atoms with van der Waals surface area (Å²) < 4.78 is 0. The van der Waals surface area contributed by atoms with E-state index in [1.165, 1.54) is 11.3 Å². The number of carbonyl (C=O) groups excluding carboxylic acids is 1. The van der Waals surface area contributed by atoms with Crippen molar-refractivity contribution in [3.63, 3.8) is 0 Å². The minimum atomic E-state index is 0.243. The zero-order valence-corrected chi connectivity index (χ0v) is 9.14. The SMILES string of the molecule is CC1CC=C(C(=O)c2cccs2)CC1. The summed E-state index contributed by atoms with van der Waals surface area (Å²) in [7, 11) is 0. The lowest BCUT2D eigenvalue weighted by atomic mass is 9.89. The normalized spacial score (nSPS) is 21.8. The van der Waals surface area contributed by atoms with Gasteiger partial charge in [0.05, 0.1) is 4.88 Å². The minimum absolute atomic E-state index is 0.243. The third-order valence-corrected chi connectivity index (χ3v) is 3.58. The number of rotatable bonds is 2. The molecule has 74 valence electrons. The first-order valence-corrected chi connectivity index (χ1v) is 5.92. The Morgan fingerprint density at radius 3 is 3.00 bits per heavy atom. The number of hydrogen-bond acceptors (Lipinski definition) is 2. The van der Waals surface area contributed by atoms with Crippen molar-refractivity contribution in [1.82, 2.24) is 0 Å². The lowest BCUT2D eigenvalue weighted by Crippen LogP contribution is -2.08. The summed E-state index contributed by atoms with van der Waals surface area (Å²) in [6.45, 7) is 2.24. The standard InChI is InChI=1S/C12H14OS/c1-9-4-6-10(7-5-9)12(13)11-3-2-8-14-11/h2-3,6,8-9H,4-5,7H2,1H3. The number of thiophene rings is 1. The fraction of sp³-hybridized carbons (Fsp3) is 0.417.